The maximum atomic E-state index is 13.7. The van der Waals surface area contributed by atoms with Crippen LogP contribution in [-0.2, 0) is 4.79 Å². The lowest BCUT2D eigenvalue weighted by atomic mass is 9.91. The Bertz CT molecular complexity index is 1170. The van der Waals surface area contributed by atoms with Crippen molar-refractivity contribution in [1.82, 2.24) is 15.2 Å². The van der Waals surface area contributed by atoms with E-state index in [-0.39, 0.29) is 23.7 Å². The van der Waals surface area contributed by atoms with E-state index in [9.17, 15) is 9.18 Å². The number of hydrogen-bond acceptors (Lipinski definition) is 5. The third kappa shape index (κ3) is 3.59. The minimum Gasteiger partial charge on any atom is -0.490 e. The number of rotatable bonds is 6. The van der Waals surface area contributed by atoms with Gasteiger partial charge in [-0.1, -0.05) is 0 Å². The summed E-state index contributed by atoms with van der Waals surface area (Å²) in [6.45, 7) is 1.88. The van der Waals surface area contributed by atoms with Crippen molar-refractivity contribution < 1.29 is 13.9 Å². The van der Waals surface area contributed by atoms with Gasteiger partial charge in [0.1, 0.15) is 11.6 Å². The lowest BCUT2D eigenvalue weighted by molar-refractivity contribution is -0.121. The Labute approximate surface area is 185 Å². The number of ether oxygens (including phenoxy) is 1. The summed E-state index contributed by atoms with van der Waals surface area (Å²) in [6.07, 6.45) is 5.94. The van der Waals surface area contributed by atoms with Gasteiger partial charge in [0.15, 0.2) is 5.82 Å². The zero-order valence-corrected chi connectivity index (χ0v) is 17.9. The summed E-state index contributed by atoms with van der Waals surface area (Å²) in [6, 6.07) is 10.1. The van der Waals surface area contributed by atoms with Crippen LogP contribution in [0, 0.1) is 42.3 Å². The van der Waals surface area contributed by atoms with Gasteiger partial charge < -0.3 is 10.1 Å². The van der Waals surface area contributed by atoms with Crippen molar-refractivity contribution >= 4 is 22.6 Å². The third-order valence-corrected chi connectivity index (χ3v) is 7.32. The van der Waals surface area contributed by atoms with Crippen LogP contribution in [0.3, 0.4) is 0 Å². The zero-order valence-electron chi connectivity index (χ0n) is 17.9. The largest absolute Gasteiger partial charge is 0.490 e. The minimum atomic E-state index is -0.291. The van der Waals surface area contributed by atoms with E-state index < -0.39 is 0 Å². The first-order chi connectivity index (χ1) is 15.6. The number of halogens is 1. The van der Waals surface area contributed by atoms with Gasteiger partial charge in [-0.15, -0.1) is 5.10 Å². The lowest BCUT2D eigenvalue weighted by Crippen LogP contribution is -2.29. The van der Waals surface area contributed by atoms with E-state index in [1.807, 2.05) is 25.1 Å². The molecule has 164 valence electrons. The predicted molar refractivity (Wildman–Crippen MR) is 117 cm³/mol. The molecule has 3 unspecified atom stereocenters. The van der Waals surface area contributed by atoms with Crippen LogP contribution >= 0.6 is 0 Å². The molecule has 6 rings (SSSR count). The van der Waals surface area contributed by atoms with Crippen molar-refractivity contribution in [3.05, 3.63) is 54.1 Å². The second kappa shape index (κ2) is 7.50. The monoisotopic (exact) mass is 432 g/mol. The molecule has 3 saturated carbocycles. The highest BCUT2D eigenvalue weighted by atomic mass is 19.1. The molecule has 2 aromatic heterocycles. The molecule has 0 bridgehead atoms. The molecule has 0 aliphatic heterocycles. The van der Waals surface area contributed by atoms with Crippen molar-refractivity contribution in [2.45, 2.75) is 38.7 Å². The number of amides is 1. The number of carbonyl (C=O) groups is 1. The predicted octanol–water partition coefficient (Wildman–Crippen LogP) is 4.54. The standard InChI is InChI=1S/C25H25FN4O2/c1-13-2-7-22(30-29-13)28-25(31)23(14-3-4-14)24-17-11-16(12-18(17)24)32-21-8-9-27-20-6-5-15(26)10-19(20)21/h2,5-10,14,16-18,23-24H,3-4,11-12H2,1H3,(H,28,30,31)/t16?,17-,18+,23?,24?. The molecule has 1 amide bonds. The highest BCUT2D eigenvalue weighted by Gasteiger charge is 2.63. The van der Waals surface area contributed by atoms with Gasteiger partial charge in [-0.05, 0) is 92.7 Å². The number of carbonyl (C=O) groups excluding carboxylic acids is 1. The van der Waals surface area contributed by atoms with Crippen LogP contribution in [0.4, 0.5) is 10.2 Å². The summed E-state index contributed by atoms with van der Waals surface area (Å²) in [5.41, 5.74) is 1.56. The lowest BCUT2D eigenvalue weighted by Gasteiger charge is -2.22. The SMILES string of the molecule is Cc1ccc(NC(=O)C(C2CC2)C2[C@H]3CC(Oc4ccnc5ccc(F)cc45)C[C@@H]23)nn1. The Morgan fingerprint density at radius 3 is 2.66 bits per heavy atom. The van der Waals surface area contributed by atoms with Crippen LogP contribution in [-0.4, -0.2) is 27.2 Å². The maximum absolute atomic E-state index is 13.7. The second-order valence-corrected chi connectivity index (χ2v) is 9.50. The van der Waals surface area contributed by atoms with Crippen molar-refractivity contribution in [3.8, 4) is 5.75 Å². The highest BCUT2D eigenvalue weighted by molar-refractivity contribution is 5.92. The van der Waals surface area contributed by atoms with Crippen molar-refractivity contribution in [2.24, 2.45) is 29.6 Å². The Hall–Kier alpha value is -3.09. The fourth-order valence-corrected chi connectivity index (χ4v) is 5.68. The number of nitrogens with one attached hydrogen (secondary N) is 1. The summed E-state index contributed by atoms with van der Waals surface area (Å²) in [5.74, 6) is 2.99. The topological polar surface area (TPSA) is 77.0 Å². The zero-order chi connectivity index (χ0) is 21.8. The molecule has 0 saturated heterocycles. The molecule has 7 heteroatoms. The Morgan fingerprint density at radius 1 is 1.12 bits per heavy atom. The van der Waals surface area contributed by atoms with Crippen LogP contribution in [0.2, 0.25) is 0 Å². The second-order valence-electron chi connectivity index (χ2n) is 9.50. The van der Waals surface area contributed by atoms with Gasteiger partial charge in [0.05, 0.1) is 17.3 Å². The van der Waals surface area contributed by atoms with Crippen molar-refractivity contribution in [2.75, 3.05) is 5.32 Å². The first kappa shape index (κ1) is 19.6. The first-order valence-electron chi connectivity index (χ1n) is 11.4. The van der Waals surface area contributed by atoms with Crippen LogP contribution in [0.25, 0.3) is 10.9 Å². The Balaban J connectivity index is 1.12. The van der Waals surface area contributed by atoms with E-state index in [0.717, 1.165) is 36.9 Å². The Kier molecular flexibility index (Phi) is 4.59. The van der Waals surface area contributed by atoms with E-state index in [0.29, 0.717) is 40.6 Å². The van der Waals surface area contributed by atoms with Crippen molar-refractivity contribution in [1.29, 1.82) is 0 Å². The molecule has 3 aliphatic rings. The van der Waals surface area contributed by atoms with Gasteiger partial charge in [-0.25, -0.2) is 4.39 Å². The number of benzene rings is 1. The highest BCUT2D eigenvalue weighted by Crippen LogP contribution is 2.64. The average molecular weight is 432 g/mol. The third-order valence-electron chi connectivity index (χ3n) is 7.32. The summed E-state index contributed by atoms with van der Waals surface area (Å²) in [5, 5.41) is 11.8. The number of pyridine rings is 1. The van der Waals surface area contributed by atoms with E-state index in [1.54, 1.807) is 12.3 Å². The van der Waals surface area contributed by atoms with Gasteiger partial charge in [-0.2, -0.15) is 5.10 Å². The van der Waals surface area contributed by atoms with E-state index in [4.69, 9.17) is 4.74 Å². The van der Waals surface area contributed by atoms with E-state index >= 15 is 0 Å². The maximum Gasteiger partial charge on any atom is 0.229 e. The summed E-state index contributed by atoms with van der Waals surface area (Å²) in [7, 11) is 0. The number of nitrogens with zero attached hydrogens (tertiary/aromatic N) is 3. The Morgan fingerprint density at radius 2 is 1.94 bits per heavy atom. The molecule has 3 aliphatic carbocycles. The molecule has 3 fully saturated rings. The van der Waals surface area contributed by atoms with E-state index in [1.165, 1.54) is 12.1 Å². The number of aryl methyl sites for hydroxylation is 1. The molecule has 1 N–H and O–H groups in total. The summed E-state index contributed by atoms with van der Waals surface area (Å²) < 4.78 is 20.0. The van der Waals surface area contributed by atoms with Crippen LogP contribution in [0.15, 0.2) is 42.6 Å². The van der Waals surface area contributed by atoms with Gasteiger partial charge in [0.25, 0.3) is 0 Å². The molecule has 32 heavy (non-hydrogen) atoms. The number of fused-ring (bicyclic) bond motifs is 2. The first-order valence-corrected chi connectivity index (χ1v) is 11.4. The van der Waals surface area contributed by atoms with Crippen LogP contribution in [0.1, 0.15) is 31.4 Å². The number of hydrogen-bond donors (Lipinski definition) is 1. The number of anilines is 1. The molecule has 5 atom stereocenters. The molecular formula is C25H25FN4O2. The molecule has 1 aromatic carbocycles. The molecule has 3 aromatic rings. The molecule has 0 radical (unpaired) electrons. The molecule has 6 nitrogen and oxygen atoms in total. The summed E-state index contributed by atoms with van der Waals surface area (Å²) in [4.78, 5) is 17.4. The van der Waals surface area contributed by atoms with Gasteiger partial charge in [0, 0.05) is 17.5 Å². The van der Waals surface area contributed by atoms with Crippen LogP contribution < -0.4 is 10.1 Å². The molecule has 2 heterocycles. The van der Waals surface area contributed by atoms with Gasteiger partial charge >= 0.3 is 0 Å². The van der Waals surface area contributed by atoms with E-state index in [2.05, 4.69) is 20.5 Å². The van der Waals surface area contributed by atoms with Crippen molar-refractivity contribution in [3.63, 3.8) is 0 Å². The summed E-state index contributed by atoms with van der Waals surface area (Å²) >= 11 is 0. The fraction of sp³-hybridized carbons (Fsp3) is 0.440. The quantitative estimate of drug-likeness (QED) is 0.619. The van der Waals surface area contributed by atoms with Gasteiger partial charge in [-0.3, -0.25) is 9.78 Å². The minimum absolute atomic E-state index is 0.0462. The van der Waals surface area contributed by atoms with Crippen LogP contribution in [0.5, 0.6) is 5.75 Å². The fourth-order valence-electron chi connectivity index (χ4n) is 5.68. The smallest absolute Gasteiger partial charge is 0.229 e. The molecule has 0 spiro atoms. The molecular weight excluding hydrogens is 407 g/mol. The van der Waals surface area contributed by atoms with Gasteiger partial charge in [0.2, 0.25) is 5.91 Å². The normalized spacial score (nSPS) is 27.1. The number of aromatic nitrogens is 3. The average Bonchev–Trinajstić information content (AvgIpc) is 3.69.